The van der Waals surface area contributed by atoms with Crippen LogP contribution in [0, 0.1) is 12.7 Å². The van der Waals surface area contributed by atoms with E-state index in [2.05, 4.69) is 26.2 Å². The van der Waals surface area contributed by atoms with Crippen molar-refractivity contribution in [3.8, 4) is 0 Å². The first-order valence-electron chi connectivity index (χ1n) is 8.13. The van der Waals surface area contributed by atoms with E-state index in [0.29, 0.717) is 12.2 Å². The van der Waals surface area contributed by atoms with Gasteiger partial charge in [-0.15, -0.1) is 5.10 Å². The van der Waals surface area contributed by atoms with Crippen LogP contribution in [0.3, 0.4) is 0 Å². The summed E-state index contributed by atoms with van der Waals surface area (Å²) in [5.74, 6) is 0.164. The second-order valence-corrected chi connectivity index (χ2v) is 6.05. The van der Waals surface area contributed by atoms with E-state index in [-0.39, 0.29) is 17.8 Å². The molecule has 1 aromatic carbocycles. The molecule has 24 heavy (non-hydrogen) atoms. The van der Waals surface area contributed by atoms with E-state index in [1.165, 1.54) is 16.8 Å². The number of halogens is 1. The Bertz CT molecular complexity index is 680. The number of hydrogen-bond donors (Lipinski definition) is 2. The molecule has 2 heterocycles. The second kappa shape index (κ2) is 7.48. The van der Waals surface area contributed by atoms with Gasteiger partial charge in [-0.05, 0) is 61.0 Å². The number of aryl methyl sites for hydroxylation is 1. The molecule has 1 aliphatic heterocycles. The van der Waals surface area contributed by atoms with Crippen LogP contribution in [-0.2, 0) is 11.2 Å². The van der Waals surface area contributed by atoms with Crippen LogP contribution in [0.1, 0.15) is 30.3 Å². The first-order chi connectivity index (χ1) is 11.6. The third kappa shape index (κ3) is 3.94. The Morgan fingerprint density at radius 3 is 2.71 bits per heavy atom. The normalized spacial score (nSPS) is 16.8. The minimum atomic E-state index is -0.555. The number of carbonyl (C=O) groups is 1. The average molecular weight is 332 g/mol. The topological polar surface area (TPSA) is 84.7 Å². The minimum Gasteiger partial charge on any atom is -0.351 e. The van der Waals surface area contributed by atoms with Crippen molar-refractivity contribution in [2.45, 2.75) is 38.3 Å². The third-order valence-electron chi connectivity index (χ3n) is 4.28. The molecule has 0 aliphatic carbocycles. The highest BCUT2D eigenvalue weighted by atomic mass is 19.1. The van der Waals surface area contributed by atoms with Crippen molar-refractivity contribution >= 4 is 5.91 Å². The van der Waals surface area contributed by atoms with Gasteiger partial charge >= 0.3 is 0 Å². The Kier molecular flexibility index (Phi) is 5.14. The Morgan fingerprint density at radius 2 is 2.08 bits per heavy atom. The maximum absolute atomic E-state index is 13.1. The van der Waals surface area contributed by atoms with E-state index in [9.17, 15) is 9.18 Å². The number of amides is 1. The van der Waals surface area contributed by atoms with Gasteiger partial charge in [0.05, 0.1) is 0 Å². The zero-order valence-corrected chi connectivity index (χ0v) is 13.6. The molecule has 3 rings (SSSR count). The largest absolute Gasteiger partial charge is 0.351 e. The lowest BCUT2D eigenvalue weighted by atomic mass is 10.0. The Balaban J connectivity index is 1.77. The zero-order valence-electron chi connectivity index (χ0n) is 13.6. The van der Waals surface area contributed by atoms with E-state index in [1.54, 1.807) is 19.1 Å². The van der Waals surface area contributed by atoms with Gasteiger partial charge in [-0.2, -0.15) is 0 Å². The molecule has 0 saturated carbocycles. The van der Waals surface area contributed by atoms with Gasteiger partial charge in [0.1, 0.15) is 17.7 Å². The lowest BCUT2D eigenvalue weighted by Gasteiger charge is -2.26. The summed E-state index contributed by atoms with van der Waals surface area (Å²) in [6.07, 6.45) is 2.22. The standard InChI is InChI=1S/C16H21FN6O/c1-11-20-21-22-23(11)15(10-12-2-4-13(17)5-3-12)16(24)19-14-6-8-18-9-7-14/h2-5,14-15,18H,6-10H2,1H3,(H,19,24). The summed E-state index contributed by atoms with van der Waals surface area (Å²) in [5, 5.41) is 17.8. The Labute approximate surface area is 139 Å². The molecule has 0 radical (unpaired) electrons. The van der Waals surface area contributed by atoms with Crippen LogP contribution in [0.15, 0.2) is 24.3 Å². The number of benzene rings is 1. The fourth-order valence-corrected chi connectivity index (χ4v) is 2.92. The van der Waals surface area contributed by atoms with Crippen molar-refractivity contribution in [1.82, 2.24) is 30.8 Å². The number of tetrazole rings is 1. The summed E-state index contributed by atoms with van der Waals surface area (Å²) in [6.45, 7) is 3.56. The Morgan fingerprint density at radius 1 is 1.38 bits per heavy atom. The molecule has 8 heteroatoms. The molecular formula is C16H21FN6O. The molecule has 0 spiro atoms. The van der Waals surface area contributed by atoms with Crippen molar-refractivity contribution < 1.29 is 9.18 Å². The van der Waals surface area contributed by atoms with Crippen molar-refractivity contribution in [2.75, 3.05) is 13.1 Å². The lowest BCUT2D eigenvalue weighted by molar-refractivity contribution is -0.125. The summed E-state index contributed by atoms with van der Waals surface area (Å²) in [6, 6.07) is 5.75. The van der Waals surface area contributed by atoms with Crippen LogP contribution in [0.5, 0.6) is 0 Å². The van der Waals surface area contributed by atoms with E-state index in [4.69, 9.17) is 0 Å². The molecular weight excluding hydrogens is 311 g/mol. The number of piperidine rings is 1. The molecule has 1 saturated heterocycles. The number of carbonyl (C=O) groups excluding carboxylic acids is 1. The molecule has 1 amide bonds. The molecule has 1 fully saturated rings. The maximum atomic E-state index is 13.1. The van der Waals surface area contributed by atoms with Crippen molar-refractivity contribution in [1.29, 1.82) is 0 Å². The van der Waals surface area contributed by atoms with Gasteiger partial charge in [-0.3, -0.25) is 4.79 Å². The van der Waals surface area contributed by atoms with Gasteiger partial charge in [-0.25, -0.2) is 9.07 Å². The molecule has 1 atom stereocenters. The van der Waals surface area contributed by atoms with Gasteiger partial charge in [0.15, 0.2) is 0 Å². The fraction of sp³-hybridized carbons (Fsp3) is 0.500. The molecule has 128 valence electrons. The van der Waals surface area contributed by atoms with Gasteiger partial charge in [-0.1, -0.05) is 12.1 Å². The highest BCUT2D eigenvalue weighted by molar-refractivity contribution is 5.80. The van der Waals surface area contributed by atoms with Gasteiger partial charge in [0, 0.05) is 12.5 Å². The van der Waals surface area contributed by atoms with Crippen molar-refractivity contribution in [3.63, 3.8) is 0 Å². The molecule has 2 N–H and O–H groups in total. The number of hydrogen-bond acceptors (Lipinski definition) is 5. The SMILES string of the molecule is Cc1nnnn1C(Cc1ccc(F)cc1)C(=O)NC1CCNCC1. The molecule has 1 aromatic heterocycles. The predicted molar refractivity (Wildman–Crippen MR) is 85.7 cm³/mol. The minimum absolute atomic E-state index is 0.110. The highest BCUT2D eigenvalue weighted by Gasteiger charge is 2.26. The first-order valence-corrected chi connectivity index (χ1v) is 8.13. The molecule has 0 bridgehead atoms. The van der Waals surface area contributed by atoms with Crippen LogP contribution >= 0.6 is 0 Å². The second-order valence-electron chi connectivity index (χ2n) is 6.05. The number of nitrogens with one attached hydrogen (secondary N) is 2. The highest BCUT2D eigenvalue weighted by Crippen LogP contribution is 2.16. The lowest BCUT2D eigenvalue weighted by Crippen LogP contribution is -2.46. The fourth-order valence-electron chi connectivity index (χ4n) is 2.92. The average Bonchev–Trinajstić information content (AvgIpc) is 3.01. The number of nitrogens with zero attached hydrogens (tertiary/aromatic N) is 4. The summed E-state index contributed by atoms with van der Waals surface area (Å²) in [5.41, 5.74) is 0.858. The van der Waals surface area contributed by atoms with Crippen LogP contribution in [0.4, 0.5) is 4.39 Å². The van der Waals surface area contributed by atoms with Crippen LogP contribution in [0.25, 0.3) is 0 Å². The summed E-state index contributed by atoms with van der Waals surface area (Å²) in [7, 11) is 0. The van der Waals surface area contributed by atoms with Gasteiger partial charge in [0.2, 0.25) is 5.91 Å². The van der Waals surface area contributed by atoms with E-state index >= 15 is 0 Å². The van der Waals surface area contributed by atoms with Gasteiger partial charge in [0.25, 0.3) is 0 Å². The molecule has 7 nitrogen and oxygen atoms in total. The molecule has 2 aromatic rings. The molecule has 1 unspecified atom stereocenters. The third-order valence-corrected chi connectivity index (χ3v) is 4.28. The zero-order chi connectivity index (χ0) is 16.9. The Hall–Kier alpha value is -2.35. The van der Waals surface area contributed by atoms with Crippen LogP contribution < -0.4 is 10.6 Å². The number of rotatable bonds is 5. The predicted octanol–water partition coefficient (Wildman–Crippen LogP) is 0.773. The van der Waals surface area contributed by atoms with Crippen molar-refractivity contribution in [2.24, 2.45) is 0 Å². The quantitative estimate of drug-likeness (QED) is 0.845. The van der Waals surface area contributed by atoms with E-state index in [0.717, 1.165) is 31.5 Å². The maximum Gasteiger partial charge on any atom is 0.245 e. The van der Waals surface area contributed by atoms with Crippen LogP contribution in [-0.4, -0.2) is 45.2 Å². The van der Waals surface area contributed by atoms with Crippen LogP contribution in [0.2, 0.25) is 0 Å². The molecule has 1 aliphatic rings. The summed E-state index contributed by atoms with van der Waals surface area (Å²) >= 11 is 0. The van der Waals surface area contributed by atoms with Gasteiger partial charge < -0.3 is 10.6 Å². The summed E-state index contributed by atoms with van der Waals surface area (Å²) < 4.78 is 14.6. The van der Waals surface area contributed by atoms with Crippen molar-refractivity contribution in [3.05, 3.63) is 41.5 Å². The van der Waals surface area contributed by atoms with E-state index < -0.39 is 6.04 Å². The monoisotopic (exact) mass is 332 g/mol. The number of aromatic nitrogens is 4. The first kappa shape index (κ1) is 16.5. The van der Waals surface area contributed by atoms with E-state index in [1.807, 2.05) is 0 Å². The summed E-state index contributed by atoms with van der Waals surface area (Å²) in [4.78, 5) is 12.8. The smallest absolute Gasteiger partial charge is 0.245 e.